The van der Waals surface area contributed by atoms with Gasteiger partial charge >= 0.3 is 0 Å². The first kappa shape index (κ1) is 28.8. The van der Waals surface area contributed by atoms with Crippen LogP contribution < -0.4 is 15.4 Å². The van der Waals surface area contributed by atoms with E-state index in [0.717, 1.165) is 32.1 Å². The van der Waals surface area contributed by atoms with Crippen LogP contribution in [0.2, 0.25) is 0 Å². The van der Waals surface area contributed by atoms with E-state index in [1.54, 1.807) is 23.1 Å². The van der Waals surface area contributed by atoms with Gasteiger partial charge in [0.1, 0.15) is 31.0 Å². The molecule has 3 heterocycles. The van der Waals surface area contributed by atoms with Crippen molar-refractivity contribution < 1.29 is 28.2 Å². The van der Waals surface area contributed by atoms with Gasteiger partial charge < -0.3 is 20.5 Å². The second kappa shape index (κ2) is 12.9. The lowest BCUT2D eigenvalue weighted by atomic mass is 10.2. The number of primary amides is 1. The molecule has 1 aliphatic rings. The number of piperazine rings is 1. The smallest absolute Gasteiger partial charge is 0.248 e. The van der Waals surface area contributed by atoms with Crippen LogP contribution in [0.3, 0.4) is 0 Å². The van der Waals surface area contributed by atoms with Crippen molar-refractivity contribution in [1.82, 2.24) is 29.5 Å². The van der Waals surface area contributed by atoms with E-state index in [0.29, 0.717) is 42.0 Å². The number of aliphatic hydroxyl groups is 1. The average molecular weight is 581 g/mol. The molecule has 0 aliphatic carbocycles. The highest BCUT2D eigenvalue weighted by Gasteiger charge is 2.24. The minimum atomic E-state index is -1.08. The van der Waals surface area contributed by atoms with E-state index in [1.165, 1.54) is 40.4 Å². The number of anilines is 3. The number of nitrogens with two attached hydrogens (primary N) is 1. The number of hydrogen-bond donors (Lipinski definition) is 2. The first-order chi connectivity index (χ1) is 20.3. The minimum Gasteiger partial charge on any atom is -0.493 e. The van der Waals surface area contributed by atoms with Crippen LogP contribution in [-0.2, 0) is 16.1 Å². The molecule has 0 atom stereocenters. The molecule has 3 N–H and O–H groups in total. The predicted molar refractivity (Wildman–Crippen MR) is 149 cm³/mol. The van der Waals surface area contributed by atoms with Gasteiger partial charge in [0.25, 0.3) is 0 Å². The lowest BCUT2D eigenvalue weighted by molar-refractivity contribution is -0.135. The van der Waals surface area contributed by atoms with Gasteiger partial charge in [-0.1, -0.05) is 6.07 Å². The molecule has 1 saturated heterocycles. The van der Waals surface area contributed by atoms with Gasteiger partial charge in [-0.25, -0.2) is 18.7 Å². The molecule has 4 aromatic rings. The Morgan fingerprint density at radius 3 is 2.67 bits per heavy atom. The number of hydrogen-bond acceptors (Lipinski definition) is 9. The second-order valence-electron chi connectivity index (χ2n) is 9.73. The van der Waals surface area contributed by atoms with Gasteiger partial charge in [-0.2, -0.15) is 5.10 Å². The molecular formula is C28H30F2N8O4. The summed E-state index contributed by atoms with van der Waals surface area (Å²) in [5.74, 6) is -2.10. The first-order valence-electron chi connectivity index (χ1n) is 13.4. The standard InChI is InChI=1S/C28H30F2N8O4/c29-22-3-1-4-24(27(22)30)38(19-14-34-37(15-19)16-25(31)40)28-21-6-5-20(13-23(21)32-18-33-28)42-12-2-7-35-8-10-36(11-9-35)26(41)17-39/h1,3-6,13-15,18,39H,2,7-12,16-17H2,(H2,31,40). The molecule has 14 heteroatoms. The molecule has 0 unspecified atom stereocenters. The molecule has 0 bridgehead atoms. The Morgan fingerprint density at radius 1 is 1.10 bits per heavy atom. The summed E-state index contributed by atoms with van der Waals surface area (Å²) < 4.78 is 36.6. The Hall–Kier alpha value is -4.69. The van der Waals surface area contributed by atoms with Crippen LogP contribution in [0.15, 0.2) is 55.1 Å². The van der Waals surface area contributed by atoms with Crippen LogP contribution in [0.4, 0.5) is 26.0 Å². The molecule has 2 aromatic carbocycles. The second-order valence-corrected chi connectivity index (χ2v) is 9.73. The fourth-order valence-corrected chi connectivity index (χ4v) is 4.84. The molecule has 42 heavy (non-hydrogen) atoms. The number of rotatable bonds is 11. The lowest BCUT2D eigenvalue weighted by Crippen LogP contribution is -2.49. The van der Waals surface area contributed by atoms with E-state index in [2.05, 4.69) is 20.0 Å². The Labute approximate surface area is 239 Å². The summed E-state index contributed by atoms with van der Waals surface area (Å²) in [5.41, 5.74) is 6.04. The zero-order chi connectivity index (χ0) is 29.6. The molecule has 12 nitrogen and oxygen atoms in total. The minimum absolute atomic E-state index is 0.101. The Kier molecular flexibility index (Phi) is 8.83. The summed E-state index contributed by atoms with van der Waals surface area (Å²) in [6, 6.07) is 9.07. The summed E-state index contributed by atoms with van der Waals surface area (Å²) in [5, 5.41) is 13.7. The van der Waals surface area contributed by atoms with Gasteiger partial charge in [0.15, 0.2) is 11.6 Å². The van der Waals surface area contributed by atoms with Crippen LogP contribution in [0.25, 0.3) is 10.9 Å². The summed E-state index contributed by atoms with van der Waals surface area (Å²) in [6.07, 6.45) is 4.98. The SMILES string of the molecule is NC(=O)Cn1cc(N(c2cccc(F)c2F)c2ncnc3cc(OCCCN4CCN(C(=O)CO)CC4)ccc23)cn1. The fourth-order valence-electron chi connectivity index (χ4n) is 4.84. The lowest BCUT2D eigenvalue weighted by Gasteiger charge is -2.34. The summed E-state index contributed by atoms with van der Waals surface area (Å²) in [4.78, 5) is 37.1. The molecule has 1 fully saturated rings. The number of carbonyl (C=O) groups is 2. The molecule has 0 spiro atoms. The number of amides is 2. The summed E-state index contributed by atoms with van der Waals surface area (Å²) in [6.45, 7) is 3.27. The highest BCUT2D eigenvalue weighted by Crippen LogP contribution is 2.39. The molecule has 0 radical (unpaired) electrons. The molecule has 2 aromatic heterocycles. The van der Waals surface area contributed by atoms with Crippen molar-refractivity contribution >= 4 is 39.9 Å². The molecular weight excluding hydrogens is 550 g/mol. The van der Waals surface area contributed by atoms with E-state index < -0.39 is 24.1 Å². The average Bonchev–Trinajstić information content (AvgIpc) is 3.44. The van der Waals surface area contributed by atoms with Crippen molar-refractivity contribution in [2.24, 2.45) is 5.73 Å². The maximum atomic E-state index is 15.1. The normalized spacial score (nSPS) is 13.8. The largest absolute Gasteiger partial charge is 0.493 e. The van der Waals surface area contributed by atoms with Crippen molar-refractivity contribution in [3.05, 3.63) is 66.8 Å². The Bertz CT molecular complexity index is 1570. The van der Waals surface area contributed by atoms with Crippen molar-refractivity contribution in [2.45, 2.75) is 13.0 Å². The zero-order valence-corrected chi connectivity index (χ0v) is 22.7. The van der Waals surface area contributed by atoms with E-state index in [4.69, 9.17) is 15.6 Å². The number of halogens is 2. The van der Waals surface area contributed by atoms with Crippen molar-refractivity contribution in [2.75, 3.05) is 50.8 Å². The van der Waals surface area contributed by atoms with Crippen LogP contribution in [-0.4, -0.2) is 92.4 Å². The third-order valence-corrected chi connectivity index (χ3v) is 6.91. The highest BCUT2D eigenvalue weighted by molar-refractivity contribution is 5.95. The van der Waals surface area contributed by atoms with Crippen molar-refractivity contribution in [3.63, 3.8) is 0 Å². The number of nitrogens with zero attached hydrogens (tertiary/aromatic N) is 7. The predicted octanol–water partition coefficient (Wildman–Crippen LogP) is 1.96. The van der Waals surface area contributed by atoms with E-state index in [-0.39, 0.29) is 24.0 Å². The van der Waals surface area contributed by atoms with Crippen LogP contribution in [0, 0.1) is 11.6 Å². The number of aliphatic hydroxyl groups excluding tert-OH is 1. The van der Waals surface area contributed by atoms with Crippen molar-refractivity contribution in [1.29, 1.82) is 0 Å². The maximum absolute atomic E-state index is 15.1. The monoisotopic (exact) mass is 580 g/mol. The van der Waals surface area contributed by atoms with E-state index >= 15 is 4.39 Å². The van der Waals surface area contributed by atoms with Crippen molar-refractivity contribution in [3.8, 4) is 5.75 Å². The molecule has 5 rings (SSSR count). The van der Waals surface area contributed by atoms with Crippen LogP contribution in [0.1, 0.15) is 6.42 Å². The maximum Gasteiger partial charge on any atom is 0.248 e. The number of benzene rings is 2. The number of carbonyl (C=O) groups excluding carboxylic acids is 2. The Morgan fingerprint density at radius 2 is 1.90 bits per heavy atom. The van der Waals surface area contributed by atoms with Gasteiger partial charge in [0.2, 0.25) is 11.8 Å². The Balaban J connectivity index is 1.32. The van der Waals surface area contributed by atoms with Gasteiger partial charge in [0, 0.05) is 50.4 Å². The zero-order valence-electron chi connectivity index (χ0n) is 22.7. The molecule has 0 saturated carbocycles. The van der Waals surface area contributed by atoms with Gasteiger partial charge in [0.05, 0.1) is 29.7 Å². The summed E-state index contributed by atoms with van der Waals surface area (Å²) in [7, 11) is 0. The quantitative estimate of drug-likeness (QED) is 0.255. The third kappa shape index (κ3) is 6.44. The number of aromatic nitrogens is 4. The molecule has 1 aliphatic heterocycles. The van der Waals surface area contributed by atoms with E-state index in [1.807, 2.05) is 0 Å². The number of ether oxygens (including phenoxy) is 1. The van der Waals surface area contributed by atoms with Gasteiger partial charge in [-0.05, 0) is 30.7 Å². The fraction of sp³-hybridized carbons (Fsp3) is 0.321. The molecule has 220 valence electrons. The topological polar surface area (TPSA) is 143 Å². The van der Waals surface area contributed by atoms with Crippen LogP contribution >= 0.6 is 0 Å². The third-order valence-electron chi connectivity index (χ3n) is 6.91. The highest BCUT2D eigenvalue weighted by atomic mass is 19.2. The molecule has 2 amide bonds. The van der Waals surface area contributed by atoms with Crippen LogP contribution in [0.5, 0.6) is 5.75 Å². The van der Waals surface area contributed by atoms with Gasteiger partial charge in [-0.15, -0.1) is 0 Å². The van der Waals surface area contributed by atoms with E-state index in [9.17, 15) is 14.0 Å². The van der Waals surface area contributed by atoms with Gasteiger partial charge in [-0.3, -0.25) is 24.1 Å². The first-order valence-corrected chi connectivity index (χ1v) is 13.4. The summed E-state index contributed by atoms with van der Waals surface area (Å²) >= 11 is 0. The number of fused-ring (bicyclic) bond motifs is 1.